The quantitative estimate of drug-likeness (QED) is 0.467. The minimum atomic E-state index is 0. The Bertz CT molecular complexity index is 58.1. The van der Waals surface area contributed by atoms with E-state index in [-0.39, 0.29) is 42.1 Å². The molecule has 0 bridgehead atoms. The minimum Gasteiger partial charge on any atom is -1.00 e. The maximum absolute atomic E-state index is 10.4. The molecule has 0 aliphatic heterocycles. The Kier molecular flexibility index (Phi) is 22.2. The number of hydrogen-bond acceptors (Lipinski definition) is 1. The maximum Gasteiger partial charge on any atom is 2.00 e. The number of hydrogen-bond donors (Lipinski definition) is 0. The van der Waals surface area contributed by atoms with E-state index in [1.165, 1.54) is 12.8 Å². The van der Waals surface area contributed by atoms with Crippen molar-refractivity contribution in [1.82, 2.24) is 0 Å². The van der Waals surface area contributed by atoms with E-state index in [9.17, 15) is 5.11 Å². The van der Waals surface area contributed by atoms with Gasteiger partial charge in [0.1, 0.15) is 0 Å². The van der Waals surface area contributed by atoms with Crippen LogP contribution < -0.4 is 17.5 Å². The van der Waals surface area contributed by atoms with Crippen molar-refractivity contribution in [2.75, 3.05) is 6.61 Å². The van der Waals surface area contributed by atoms with Crippen molar-refractivity contribution >= 4 is 23.1 Å². The second-order valence-electron chi connectivity index (χ2n) is 2.58. The molecular weight excluding hydrogens is 172 g/mol. The molecule has 0 aromatic heterocycles. The van der Waals surface area contributed by atoms with Crippen LogP contribution in [0.2, 0.25) is 0 Å². The first-order chi connectivity index (χ1) is 4.35. The third kappa shape index (κ3) is 11.0. The van der Waals surface area contributed by atoms with E-state index in [1.807, 2.05) is 0 Å². The molecule has 0 saturated heterocycles. The van der Waals surface area contributed by atoms with Crippen LogP contribution in [0.3, 0.4) is 0 Å². The van der Waals surface area contributed by atoms with Gasteiger partial charge in [0.25, 0.3) is 0 Å². The fourth-order valence-electron chi connectivity index (χ4n) is 0.898. The van der Waals surface area contributed by atoms with E-state index in [0.717, 1.165) is 12.8 Å². The van der Waals surface area contributed by atoms with E-state index in [4.69, 9.17) is 0 Å². The summed E-state index contributed by atoms with van der Waals surface area (Å²) in [6.07, 6.45) is 4.64. The molecule has 0 spiro atoms. The number of unbranched alkanes of at least 4 members (excludes halogenated alkanes) is 1. The summed E-state index contributed by atoms with van der Waals surface area (Å²) in [6, 6.07) is 0. The van der Waals surface area contributed by atoms with E-state index < -0.39 is 0 Å². The Labute approximate surface area is 92.5 Å². The number of rotatable bonds is 5. The van der Waals surface area contributed by atoms with Gasteiger partial charge in [-0.3, -0.25) is 0 Å². The third-order valence-electron chi connectivity index (χ3n) is 1.78. The molecule has 0 aliphatic rings. The number of halogens is 1. The first kappa shape index (κ1) is 17.9. The molecule has 0 aliphatic carbocycles. The van der Waals surface area contributed by atoms with Gasteiger partial charge in [0.2, 0.25) is 0 Å². The zero-order valence-corrected chi connectivity index (χ0v) is 9.78. The average Bonchev–Trinajstić information content (AvgIpc) is 1.91. The Morgan fingerprint density at radius 1 is 1.27 bits per heavy atom. The summed E-state index contributed by atoms with van der Waals surface area (Å²) in [5.74, 6) is 0.449. The summed E-state index contributed by atoms with van der Waals surface area (Å²) in [4.78, 5) is 0. The topological polar surface area (TPSA) is 23.1 Å². The largest absolute Gasteiger partial charge is 2.00 e. The molecule has 11 heavy (non-hydrogen) atoms. The Morgan fingerprint density at radius 3 is 2.09 bits per heavy atom. The van der Waals surface area contributed by atoms with Crippen LogP contribution in [0.1, 0.15) is 39.5 Å². The SMILES string of the molecule is CCCCC(CC)C[O-].[Cl-].[Mg+2]. The van der Waals surface area contributed by atoms with Crippen molar-refractivity contribution in [1.29, 1.82) is 0 Å². The van der Waals surface area contributed by atoms with Gasteiger partial charge in [-0.1, -0.05) is 45.4 Å². The van der Waals surface area contributed by atoms with Crippen molar-refractivity contribution in [2.45, 2.75) is 39.5 Å². The molecule has 0 fully saturated rings. The predicted molar refractivity (Wildman–Crippen MR) is 43.9 cm³/mol. The summed E-state index contributed by atoms with van der Waals surface area (Å²) in [7, 11) is 0. The van der Waals surface area contributed by atoms with Gasteiger partial charge in [0.15, 0.2) is 0 Å². The molecule has 1 nitrogen and oxygen atoms in total. The normalized spacial score (nSPS) is 11.2. The first-order valence-electron chi connectivity index (χ1n) is 3.93. The zero-order valence-electron chi connectivity index (χ0n) is 7.61. The smallest absolute Gasteiger partial charge is 1.00 e. The van der Waals surface area contributed by atoms with E-state index in [0.29, 0.717) is 5.92 Å². The molecular formula is C8H17ClMgO. The molecule has 0 aromatic rings. The summed E-state index contributed by atoms with van der Waals surface area (Å²) < 4.78 is 0. The van der Waals surface area contributed by atoms with Crippen molar-refractivity contribution in [2.24, 2.45) is 5.92 Å². The fraction of sp³-hybridized carbons (Fsp3) is 1.00. The summed E-state index contributed by atoms with van der Waals surface area (Å²) in [5.41, 5.74) is 0. The zero-order chi connectivity index (χ0) is 7.11. The first-order valence-corrected chi connectivity index (χ1v) is 3.93. The van der Waals surface area contributed by atoms with Crippen LogP contribution >= 0.6 is 0 Å². The van der Waals surface area contributed by atoms with Crippen molar-refractivity contribution < 1.29 is 17.5 Å². The van der Waals surface area contributed by atoms with E-state index >= 15 is 0 Å². The molecule has 1 unspecified atom stereocenters. The van der Waals surface area contributed by atoms with Crippen LogP contribution in [0, 0.1) is 5.92 Å². The second-order valence-corrected chi connectivity index (χ2v) is 2.58. The van der Waals surface area contributed by atoms with Crippen LogP contribution in [0.5, 0.6) is 0 Å². The molecule has 0 heterocycles. The fourth-order valence-corrected chi connectivity index (χ4v) is 0.898. The summed E-state index contributed by atoms with van der Waals surface area (Å²) in [5, 5.41) is 10.4. The summed E-state index contributed by atoms with van der Waals surface area (Å²) in [6.45, 7) is 4.38. The standard InChI is InChI=1S/C8H17O.ClH.Mg/c1-3-5-6-8(4-2)7-9;;/h8H,3-7H2,1-2H3;1H;/q-1;;+2/p-1. The van der Waals surface area contributed by atoms with Crippen LogP contribution in [0.4, 0.5) is 0 Å². The molecule has 1 atom stereocenters. The monoisotopic (exact) mass is 188 g/mol. The molecule has 0 saturated carbocycles. The van der Waals surface area contributed by atoms with Gasteiger partial charge in [-0.05, 0) is 0 Å². The second kappa shape index (κ2) is 13.6. The van der Waals surface area contributed by atoms with Crippen LogP contribution in [0.15, 0.2) is 0 Å². The molecule has 64 valence electrons. The van der Waals surface area contributed by atoms with Gasteiger partial charge >= 0.3 is 23.1 Å². The molecule has 0 amide bonds. The van der Waals surface area contributed by atoms with Crippen molar-refractivity contribution in [3.8, 4) is 0 Å². The van der Waals surface area contributed by atoms with E-state index in [2.05, 4.69) is 13.8 Å². The third-order valence-corrected chi connectivity index (χ3v) is 1.78. The van der Waals surface area contributed by atoms with Gasteiger partial charge in [-0.25, -0.2) is 0 Å². The minimum absolute atomic E-state index is 0. The molecule has 3 heteroatoms. The predicted octanol–water partition coefficient (Wildman–Crippen LogP) is -1.81. The van der Waals surface area contributed by atoms with Crippen molar-refractivity contribution in [3.63, 3.8) is 0 Å². The Hall–Kier alpha value is 1.02. The van der Waals surface area contributed by atoms with Crippen LogP contribution in [-0.2, 0) is 0 Å². The maximum atomic E-state index is 10.4. The molecule has 0 rings (SSSR count). The van der Waals surface area contributed by atoms with Crippen LogP contribution in [-0.4, -0.2) is 29.7 Å². The average molecular weight is 189 g/mol. The van der Waals surface area contributed by atoms with Crippen LogP contribution in [0.25, 0.3) is 0 Å². The van der Waals surface area contributed by atoms with Gasteiger partial charge in [-0.15, -0.1) is 6.61 Å². The van der Waals surface area contributed by atoms with Gasteiger partial charge < -0.3 is 17.5 Å². The van der Waals surface area contributed by atoms with Gasteiger partial charge in [-0.2, -0.15) is 0 Å². The van der Waals surface area contributed by atoms with Gasteiger partial charge in [0.05, 0.1) is 0 Å². The molecule has 0 radical (unpaired) electrons. The Morgan fingerprint density at radius 2 is 1.82 bits per heavy atom. The molecule has 0 N–H and O–H groups in total. The Balaban J connectivity index is -0.000000320. The van der Waals surface area contributed by atoms with Crippen molar-refractivity contribution in [3.05, 3.63) is 0 Å². The van der Waals surface area contributed by atoms with Gasteiger partial charge in [0, 0.05) is 0 Å². The molecule has 0 aromatic carbocycles. The summed E-state index contributed by atoms with van der Waals surface area (Å²) >= 11 is 0. The van der Waals surface area contributed by atoms with E-state index in [1.54, 1.807) is 0 Å².